The minimum absolute atomic E-state index is 0.0361. The summed E-state index contributed by atoms with van der Waals surface area (Å²) in [5.41, 5.74) is 3.21. The number of rotatable bonds is 10. The summed E-state index contributed by atoms with van der Waals surface area (Å²) >= 11 is 0. The van der Waals surface area contributed by atoms with Crippen molar-refractivity contribution < 1.29 is 18.3 Å². The molecule has 4 rings (SSSR count). The van der Waals surface area contributed by atoms with Crippen LogP contribution in [0.25, 0.3) is 0 Å². The molecule has 0 saturated heterocycles. The van der Waals surface area contributed by atoms with Gasteiger partial charge in [0, 0.05) is 5.56 Å². The van der Waals surface area contributed by atoms with E-state index in [4.69, 9.17) is 9.47 Å². The second-order valence-corrected chi connectivity index (χ2v) is 10.6. The molecule has 0 aromatic heterocycles. The van der Waals surface area contributed by atoms with Crippen LogP contribution in [0.4, 0.5) is 8.78 Å². The second kappa shape index (κ2) is 13.4. The maximum absolute atomic E-state index is 14.3. The van der Waals surface area contributed by atoms with Crippen molar-refractivity contribution >= 4 is 0 Å². The molecule has 0 bridgehead atoms. The van der Waals surface area contributed by atoms with E-state index in [0.29, 0.717) is 12.5 Å². The van der Waals surface area contributed by atoms with Gasteiger partial charge in [-0.25, -0.2) is 4.39 Å². The molecule has 196 valence electrons. The second-order valence-electron chi connectivity index (χ2n) is 10.6. The monoisotopic (exact) mass is 496 g/mol. The Balaban J connectivity index is 1.18. The van der Waals surface area contributed by atoms with Crippen molar-refractivity contribution in [3.8, 4) is 5.75 Å². The lowest BCUT2D eigenvalue weighted by Gasteiger charge is -2.38. The molecule has 2 aromatic carbocycles. The molecule has 0 aliphatic heterocycles. The van der Waals surface area contributed by atoms with Crippen LogP contribution < -0.4 is 4.74 Å². The first-order valence-corrected chi connectivity index (χ1v) is 14.0. The number of hydrogen-bond donors (Lipinski definition) is 0. The van der Waals surface area contributed by atoms with E-state index >= 15 is 0 Å². The van der Waals surface area contributed by atoms with E-state index in [0.717, 1.165) is 37.5 Å². The minimum atomic E-state index is -0.919. The molecule has 2 fully saturated rings. The Morgan fingerprint density at radius 3 is 2.14 bits per heavy atom. The van der Waals surface area contributed by atoms with Gasteiger partial charge in [-0.05, 0) is 119 Å². The molecule has 0 radical (unpaired) electrons. The average molecular weight is 497 g/mol. The van der Waals surface area contributed by atoms with Crippen molar-refractivity contribution in [1.29, 1.82) is 0 Å². The summed E-state index contributed by atoms with van der Waals surface area (Å²) in [5, 5.41) is 0. The van der Waals surface area contributed by atoms with Gasteiger partial charge in [0.1, 0.15) is 0 Å². The molecule has 0 N–H and O–H groups in total. The molecular weight excluding hydrogens is 454 g/mol. The number of allylic oxidation sites excluding steroid dienone is 2. The van der Waals surface area contributed by atoms with Crippen LogP contribution in [0.1, 0.15) is 94.2 Å². The highest BCUT2D eigenvalue weighted by atomic mass is 19.2. The Morgan fingerprint density at radius 2 is 1.50 bits per heavy atom. The molecule has 0 atom stereocenters. The molecule has 4 heteroatoms. The zero-order chi connectivity index (χ0) is 25.3. The molecule has 0 spiro atoms. The van der Waals surface area contributed by atoms with E-state index in [1.165, 1.54) is 55.7 Å². The van der Waals surface area contributed by atoms with E-state index in [-0.39, 0.29) is 24.0 Å². The fourth-order valence-electron chi connectivity index (χ4n) is 6.18. The highest BCUT2D eigenvalue weighted by Gasteiger charge is 2.31. The SMILES string of the molecule is C/C=C/CCc1ccc(C2CCC(C3CCC(OCc4ccc(OCC)c(F)c4F)CC3)CC2)cc1. The first kappa shape index (κ1) is 26.9. The number of hydrogen-bond acceptors (Lipinski definition) is 2. The quantitative estimate of drug-likeness (QED) is 0.306. The molecule has 0 amide bonds. The Morgan fingerprint density at radius 1 is 0.833 bits per heavy atom. The summed E-state index contributed by atoms with van der Waals surface area (Å²) in [5.74, 6) is 0.493. The van der Waals surface area contributed by atoms with E-state index in [2.05, 4.69) is 43.3 Å². The van der Waals surface area contributed by atoms with Crippen LogP contribution in [0.2, 0.25) is 0 Å². The molecule has 36 heavy (non-hydrogen) atoms. The third-order valence-corrected chi connectivity index (χ3v) is 8.35. The summed E-state index contributed by atoms with van der Waals surface area (Å²) in [7, 11) is 0. The van der Waals surface area contributed by atoms with Crippen molar-refractivity contribution in [1.82, 2.24) is 0 Å². The zero-order valence-electron chi connectivity index (χ0n) is 22.0. The lowest BCUT2D eigenvalue weighted by atomic mass is 9.69. The maximum atomic E-state index is 14.3. The summed E-state index contributed by atoms with van der Waals surface area (Å²) < 4.78 is 39.6. The average Bonchev–Trinajstić information content (AvgIpc) is 2.92. The van der Waals surface area contributed by atoms with Crippen LogP contribution >= 0.6 is 0 Å². The third kappa shape index (κ3) is 6.97. The Labute approximate surface area is 216 Å². The largest absolute Gasteiger partial charge is 0.491 e. The molecule has 0 unspecified atom stereocenters. The molecule has 0 heterocycles. The van der Waals surface area contributed by atoms with Gasteiger partial charge in [0.2, 0.25) is 5.82 Å². The lowest BCUT2D eigenvalue weighted by Crippen LogP contribution is -2.28. The number of aryl methyl sites for hydroxylation is 1. The van der Waals surface area contributed by atoms with Crippen LogP contribution in [0, 0.1) is 23.5 Å². The number of benzene rings is 2. The van der Waals surface area contributed by atoms with Crippen molar-refractivity contribution in [2.45, 2.75) is 96.7 Å². The number of halogens is 2. The Bertz CT molecular complexity index is 968. The van der Waals surface area contributed by atoms with E-state index < -0.39 is 11.6 Å². The predicted molar refractivity (Wildman–Crippen MR) is 142 cm³/mol. The van der Waals surface area contributed by atoms with Gasteiger partial charge in [-0.2, -0.15) is 4.39 Å². The normalized spacial score (nSPS) is 24.8. The Hall–Kier alpha value is -2.20. The standard InChI is InChI=1S/C32H42F2O2/c1-3-5-6-7-23-8-10-24(11-9-23)25-12-14-26(15-13-25)27-16-19-29(20-17-27)36-22-28-18-21-30(35-4-2)32(34)31(28)33/h3,5,8-11,18,21,25-27,29H,4,6-7,12-17,19-20,22H2,1-2H3/b5-3+. The van der Waals surface area contributed by atoms with Gasteiger partial charge in [0.05, 0.1) is 19.3 Å². The fourth-order valence-corrected chi connectivity index (χ4v) is 6.18. The van der Waals surface area contributed by atoms with Gasteiger partial charge in [0.25, 0.3) is 0 Å². The van der Waals surface area contributed by atoms with Crippen LogP contribution in [-0.4, -0.2) is 12.7 Å². The van der Waals surface area contributed by atoms with Crippen LogP contribution in [0.5, 0.6) is 5.75 Å². The maximum Gasteiger partial charge on any atom is 0.200 e. The summed E-state index contributed by atoms with van der Waals surface area (Å²) in [6.45, 7) is 4.25. The third-order valence-electron chi connectivity index (χ3n) is 8.35. The van der Waals surface area contributed by atoms with E-state index in [9.17, 15) is 8.78 Å². The smallest absolute Gasteiger partial charge is 0.200 e. The first-order chi connectivity index (χ1) is 17.6. The summed E-state index contributed by atoms with van der Waals surface area (Å²) in [4.78, 5) is 0. The Kier molecular flexibility index (Phi) is 9.98. The van der Waals surface area contributed by atoms with Crippen LogP contribution in [-0.2, 0) is 17.8 Å². The highest BCUT2D eigenvalue weighted by molar-refractivity contribution is 5.31. The topological polar surface area (TPSA) is 18.5 Å². The lowest BCUT2D eigenvalue weighted by molar-refractivity contribution is -0.00324. The zero-order valence-corrected chi connectivity index (χ0v) is 22.0. The van der Waals surface area contributed by atoms with Gasteiger partial charge < -0.3 is 9.47 Å². The molecule has 2 aliphatic carbocycles. The highest BCUT2D eigenvalue weighted by Crippen LogP contribution is 2.43. The summed E-state index contributed by atoms with van der Waals surface area (Å²) in [6.07, 6.45) is 16.4. The van der Waals surface area contributed by atoms with Gasteiger partial charge in [-0.3, -0.25) is 0 Å². The molecular formula is C32H42F2O2. The molecule has 2 saturated carbocycles. The summed E-state index contributed by atoms with van der Waals surface area (Å²) in [6, 6.07) is 12.4. The van der Waals surface area contributed by atoms with Crippen LogP contribution in [0.3, 0.4) is 0 Å². The van der Waals surface area contributed by atoms with Crippen molar-refractivity contribution in [3.63, 3.8) is 0 Å². The van der Waals surface area contributed by atoms with Crippen molar-refractivity contribution in [2.75, 3.05) is 6.61 Å². The van der Waals surface area contributed by atoms with E-state index in [1.807, 2.05) is 0 Å². The molecule has 2 aliphatic rings. The van der Waals surface area contributed by atoms with Gasteiger partial charge >= 0.3 is 0 Å². The minimum Gasteiger partial charge on any atom is -0.491 e. The number of ether oxygens (including phenoxy) is 2. The van der Waals surface area contributed by atoms with E-state index in [1.54, 1.807) is 13.0 Å². The van der Waals surface area contributed by atoms with Crippen molar-refractivity contribution in [3.05, 3.63) is 76.9 Å². The predicted octanol–water partition coefficient (Wildman–Crippen LogP) is 8.92. The molecule has 2 aromatic rings. The van der Waals surface area contributed by atoms with Crippen molar-refractivity contribution in [2.24, 2.45) is 11.8 Å². The fraction of sp³-hybridized carbons (Fsp3) is 0.562. The van der Waals surface area contributed by atoms with Gasteiger partial charge in [0.15, 0.2) is 11.6 Å². The van der Waals surface area contributed by atoms with Crippen LogP contribution in [0.15, 0.2) is 48.6 Å². The first-order valence-electron chi connectivity index (χ1n) is 14.0. The molecule has 2 nitrogen and oxygen atoms in total. The van der Waals surface area contributed by atoms with Gasteiger partial charge in [-0.15, -0.1) is 0 Å². The van der Waals surface area contributed by atoms with Gasteiger partial charge in [-0.1, -0.05) is 36.4 Å².